The highest BCUT2D eigenvalue weighted by atomic mass is 19.2. The van der Waals surface area contributed by atoms with Gasteiger partial charge in [-0.2, -0.15) is 0 Å². The van der Waals surface area contributed by atoms with E-state index in [1.165, 1.54) is 6.07 Å². The van der Waals surface area contributed by atoms with Crippen molar-refractivity contribution in [3.63, 3.8) is 0 Å². The Bertz CT molecular complexity index is 508. The summed E-state index contributed by atoms with van der Waals surface area (Å²) >= 11 is 0. The first-order valence-corrected chi connectivity index (χ1v) is 7.10. The maximum Gasteiger partial charge on any atom is 0.236 e. The number of anilines is 1. The molecule has 0 aromatic heterocycles. The lowest BCUT2D eigenvalue weighted by Crippen LogP contribution is -2.38. The lowest BCUT2D eigenvalue weighted by atomic mass is 10.2. The van der Waals surface area contributed by atoms with Crippen LogP contribution in [0.2, 0.25) is 0 Å². The third-order valence-electron chi connectivity index (χ3n) is 3.72. The van der Waals surface area contributed by atoms with Crippen LogP contribution in [0.5, 0.6) is 0 Å². The fraction of sp³-hybridized carbons (Fsp3) is 0.533. The normalized spacial score (nSPS) is 16.7. The standard InChI is InChI=1S/C15H21F2N3O/c1-18(2)14(21)11-19-7-4-8-20(10-9-19)13-6-3-5-12(16)15(13)17/h3,5-6H,4,7-11H2,1-2H3. The second kappa shape index (κ2) is 6.85. The SMILES string of the molecule is CN(C)C(=O)CN1CCCN(c2cccc(F)c2F)CC1. The van der Waals surface area contributed by atoms with Gasteiger partial charge >= 0.3 is 0 Å². The molecule has 1 saturated heterocycles. The molecule has 1 heterocycles. The molecule has 1 aliphatic rings. The van der Waals surface area contributed by atoms with E-state index < -0.39 is 11.6 Å². The van der Waals surface area contributed by atoms with Gasteiger partial charge in [0.1, 0.15) is 0 Å². The van der Waals surface area contributed by atoms with Crippen LogP contribution in [-0.2, 0) is 4.79 Å². The average molecular weight is 297 g/mol. The number of carbonyl (C=O) groups excluding carboxylic acids is 1. The van der Waals surface area contributed by atoms with Gasteiger partial charge in [0.15, 0.2) is 11.6 Å². The summed E-state index contributed by atoms with van der Waals surface area (Å²) in [5, 5.41) is 0. The molecule has 0 saturated carbocycles. The molecule has 116 valence electrons. The van der Waals surface area contributed by atoms with Crippen molar-refractivity contribution in [3.8, 4) is 0 Å². The summed E-state index contributed by atoms with van der Waals surface area (Å²) in [7, 11) is 3.46. The molecule has 1 aliphatic heterocycles. The molecular formula is C15H21F2N3O. The number of benzene rings is 1. The van der Waals surface area contributed by atoms with Gasteiger partial charge in [0, 0.05) is 40.3 Å². The van der Waals surface area contributed by atoms with Crippen LogP contribution in [0.4, 0.5) is 14.5 Å². The zero-order valence-corrected chi connectivity index (χ0v) is 12.5. The minimum Gasteiger partial charge on any atom is -0.368 e. The Morgan fingerprint density at radius 2 is 1.95 bits per heavy atom. The third-order valence-corrected chi connectivity index (χ3v) is 3.72. The highest BCUT2D eigenvalue weighted by Gasteiger charge is 2.20. The van der Waals surface area contributed by atoms with E-state index in [-0.39, 0.29) is 5.91 Å². The number of nitrogens with zero attached hydrogens (tertiary/aromatic N) is 3. The highest BCUT2D eigenvalue weighted by Crippen LogP contribution is 2.22. The summed E-state index contributed by atoms with van der Waals surface area (Å²) in [6.45, 7) is 3.06. The molecule has 2 rings (SSSR count). The monoisotopic (exact) mass is 297 g/mol. The van der Waals surface area contributed by atoms with Gasteiger partial charge in [-0.05, 0) is 18.6 Å². The fourth-order valence-corrected chi connectivity index (χ4v) is 2.44. The van der Waals surface area contributed by atoms with Gasteiger partial charge in [-0.1, -0.05) is 6.07 Å². The molecule has 0 radical (unpaired) electrons. The van der Waals surface area contributed by atoms with E-state index in [9.17, 15) is 13.6 Å². The molecule has 0 atom stereocenters. The highest BCUT2D eigenvalue weighted by molar-refractivity contribution is 5.77. The van der Waals surface area contributed by atoms with Gasteiger partial charge in [-0.3, -0.25) is 9.69 Å². The zero-order chi connectivity index (χ0) is 15.4. The molecule has 21 heavy (non-hydrogen) atoms. The maximum absolute atomic E-state index is 13.8. The van der Waals surface area contributed by atoms with Crippen LogP contribution >= 0.6 is 0 Å². The van der Waals surface area contributed by atoms with Crippen LogP contribution in [0.15, 0.2) is 18.2 Å². The summed E-state index contributed by atoms with van der Waals surface area (Å²) < 4.78 is 27.2. The lowest BCUT2D eigenvalue weighted by molar-refractivity contribution is -0.129. The smallest absolute Gasteiger partial charge is 0.236 e. The number of halogens is 2. The summed E-state index contributed by atoms with van der Waals surface area (Å²) in [6.07, 6.45) is 0.816. The Labute approximate surface area is 123 Å². The molecule has 0 unspecified atom stereocenters. The quantitative estimate of drug-likeness (QED) is 0.847. The number of likely N-dealkylation sites (N-methyl/N-ethyl adjacent to an activating group) is 1. The van der Waals surface area contributed by atoms with Gasteiger partial charge in [0.05, 0.1) is 12.2 Å². The first-order chi connectivity index (χ1) is 9.99. The van der Waals surface area contributed by atoms with E-state index in [0.29, 0.717) is 31.9 Å². The predicted molar refractivity (Wildman–Crippen MR) is 78.3 cm³/mol. The van der Waals surface area contributed by atoms with Gasteiger partial charge in [-0.25, -0.2) is 8.78 Å². The van der Waals surface area contributed by atoms with Gasteiger partial charge in [0.2, 0.25) is 5.91 Å². The minimum absolute atomic E-state index is 0.0559. The van der Waals surface area contributed by atoms with Crippen LogP contribution in [0, 0.1) is 11.6 Å². The Morgan fingerprint density at radius 1 is 1.19 bits per heavy atom. The predicted octanol–water partition coefficient (Wildman–Crippen LogP) is 1.57. The zero-order valence-electron chi connectivity index (χ0n) is 12.5. The molecule has 4 nitrogen and oxygen atoms in total. The summed E-state index contributed by atoms with van der Waals surface area (Å²) in [4.78, 5) is 17.2. The van der Waals surface area contributed by atoms with E-state index in [1.54, 1.807) is 25.1 Å². The van der Waals surface area contributed by atoms with Crippen LogP contribution in [0.25, 0.3) is 0 Å². The fourth-order valence-electron chi connectivity index (χ4n) is 2.44. The lowest BCUT2D eigenvalue weighted by Gasteiger charge is -2.24. The Balaban J connectivity index is 2.01. The van der Waals surface area contributed by atoms with E-state index in [2.05, 4.69) is 4.90 Å². The first-order valence-electron chi connectivity index (χ1n) is 7.10. The van der Waals surface area contributed by atoms with Crippen LogP contribution in [-0.4, -0.2) is 62.5 Å². The molecule has 0 aliphatic carbocycles. The molecule has 0 bridgehead atoms. The first kappa shape index (κ1) is 15.7. The van der Waals surface area contributed by atoms with Crippen molar-refractivity contribution >= 4 is 11.6 Å². The van der Waals surface area contributed by atoms with Crippen LogP contribution in [0.1, 0.15) is 6.42 Å². The largest absolute Gasteiger partial charge is 0.368 e. The van der Waals surface area contributed by atoms with Crippen molar-refractivity contribution < 1.29 is 13.6 Å². The average Bonchev–Trinajstić information content (AvgIpc) is 2.67. The van der Waals surface area contributed by atoms with E-state index in [4.69, 9.17) is 0 Å². The second-order valence-electron chi connectivity index (χ2n) is 5.48. The van der Waals surface area contributed by atoms with Crippen LogP contribution in [0.3, 0.4) is 0 Å². The van der Waals surface area contributed by atoms with Crippen molar-refractivity contribution in [2.75, 3.05) is 51.7 Å². The molecule has 0 N–H and O–H groups in total. The molecule has 1 amide bonds. The van der Waals surface area contributed by atoms with Crippen LogP contribution < -0.4 is 4.90 Å². The van der Waals surface area contributed by atoms with Crippen molar-refractivity contribution in [1.29, 1.82) is 0 Å². The third kappa shape index (κ3) is 3.91. The molecule has 0 spiro atoms. The number of hydrogen-bond donors (Lipinski definition) is 0. The number of rotatable bonds is 3. The molecular weight excluding hydrogens is 276 g/mol. The molecule has 6 heteroatoms. The van der Waals surface area contributed by atoms with Crippen molar-refractivity contribution in [1.82, 2.24) is 9.80 Å². The van der Waals surface area contributed by atoms with E-state index in [0.717, 1.165) is 19.0 Å². The number of amides is 1. The molecule has 1 aromatic carbocycles. The molecule has 1 aromatic rings. The van der Waals surface area contributed by atoms with Crippen molar-refractivity contribution in [2.24, 2.45) is 0 Å². The number of hydrogen-bond acceptors (Lipinski definition) is 3. The summed E-state index contributed by atoms with van der Waals surface area (Å²) in [5.41, 5.74) is 0.302. The van der Waals surface area contributed by atoms with Gasteiger partial charge in [-0.15, -0.1) is 0 Å². The Kier molecular flexibility index (Phi) is 5.12. The second-order valence-corrected chi connectivity index (χ2v) is 5.48. The Hall–Kier alpha value is -1.69. The van der Waals surface area contributed by atoms with E-state index >= 15 is 0 Å². The minimum atomic E-state index is -0.823. The van der Waals surface area contributed by atoms with Crippen molar-refractivity contribution in [3.05, 3.63) is 29.8 Å². The molecule has 1 fully saturated rings. The van der Waals surface area contributed by atoms with Crippen molar-refractivity contribution in [2.45, 2.75) is 6.42 Å². The van der Waals surface area contributed by atoms with E-state index in [1.807, 2.05) is 4.90 Å². The van der Waals surface area contributed by atoms with Gasteiger partial charge in [0.25, 0.3) is 0 Å². The van der Waals surface area contributed by atoms with Gasteiger partial charge < -0.3 is 9.80 Å². The summed E-state index contributed by atoms with van der Waals surface area (Å²) in [5.74, 6) is -1.56. The maximum atomic E-state index is 13.8. The number of carbonyl (C=O) groups is 1. The summed E-state index contributed by atoms with van der Waals surface area (Å²) in [6, 6.07) is 4.24. The Morgan fingerprint density at radius 3 is 2.67 bits per heavy atom. The topological polar surface area (TPSA) is 26.8 Å².